The van der Waals surface area contributed by atoms with Crippen molar-refractivity contribution in [2.45, 2.75) is 12.5 Å². The molecular formula is C16H17N5O2S. The van der Waals surface area contributed by atoms with E-state index in [-0.39, 0.29) is 17.5 Å². The Hall–Kier alpha value is -2.66. The molecule has 1 fully saturated rings. The van der Waals surface area contributed by atoms with Gasteiger partial charge in [0.05, 0.1) is 23.1 Å². The van der Waals surface area contributed by atoms with Crippen LogP contribution in [0.5, 0.6) is 0 Å². The maximum atomic E-state index is 11.6. The summed E-state index contributed by atoms with van der Waals surface area (Å²) < 4.78 is 23.3. The number of aromatic nitrogens is 2. The second kappa shape index (κ2) is 6.45. The average Bonchev–Trinajstić information content (AvgIpc) is 2.95. The van der Waals surface area contributed by atoms with E-state index in [9.17, 15) is 8.42 Å². The van der Waals surface area contributed by atoms with Gasteiger partial charge in [-0.3, -0.25) is 0 Å². The minimum absolute atomic E-state index is 0.0623. The molecule has 0 spiro atoms. The van der Waals surface area contributed by atoms with E-state index in [1.165, 1.54) is 6.33 Å². The molecule has 1 N–H and O–H groups in total. The lowest BCUT2D eigenvalue weighted by Crippen LogP contribution is -2.33. The summed E-state index contributed by atoms with van der Waals surface area (Å²) in [5.41, 5.74) is 1.40. The summed E-state index contributed by atoms with van der Waals surface area (Å²) in [7, 11) is -1.09. The first kappa shape index (κ1) is 16.2. The summed E-state index contributed by atoms with van der Waals surface area (Å²) >= 11 is 0. The first-order valence-electron chi connectivity index (χ1n) is 7.49. The minimum Gasteiger partial charge on any atom is -0.355 e. The lowest BCUT2D eigenvalue weighted by molar-refractivity contribution is 0.600. The van der Waals surface area contributed by atoms with Gasteiger partial charge >= 0.3 is 0 Å². The Morgan fingerprint density at radius 3 is 2.67 bits per heavy atom. The van der Waals surface area contributed by atoms with Crippen molar-refractivity contribution in [3.8, 4) is 6.07 Å². The van der Waals surface area contributed by atoms with Crippen LogP contribution in [0.1, 0.15) is 12.0 Å². The molecule has 7 nitrogen and oxygen atoms in total. The van der Waals surface area contributed by atoms with E-state index >= 15 is 0 Å². The summed E-state index contributed by atoms with van der Waals surface area (Å²) in [6, 6.07) is 10.8. The lowest BCUT2D eigenvalue weighted by Gasteiger charge is -2.24. The lowest BCUT2D eigenvalue weighted by atomic mass is 10.2. The summed E-state index contributed by atoms with van der Waals surface area (Å²) in [5, 5.41) is 12.0. The second-order valence-electron chi connectivity index (χ2n) is 5.74. The number of anilines is 3. The minimum atomic E-state index is -2.94. The molecule has 0 bridgehead atoms. The predicted molar refractivity (Wildman–Crippen MR) is 91.9 cm³/mol. The van der Waals surface area contributed by atoms with Crippen molar-refractivity contribution >= 4 is 27.2 Å². The molecule has 0 aliphatic carbocycles. The quantitative estimate of drug-likeness (QED) is 0.902. The Kier molecular flexibility index (Phi) is 4.36. The Bertz CT molecular complexity index is 874. The van der Waals surface area contributed by atoms with Crippen LogP contribution in [0, 0.1) is 11.3 Å². The van der Waals surface area contributed by atoms with Crippen LogP contribution in [0.25, 0.3) is 0 Å². The van der Waals surface area contributed by atoms with Crippen LogP contribution in [0.15, 0.2) is 36.7 Å². The average molecular weight is 343 g/mol. The van der Waals surface area contributed by atoms with Crippen LogP contribution in [0.4, 0.5) is 17.3 Å². The molecule has 1 unspecified atom stereocenters. The first-order valence-corrected chi connectivity index (χ1v) is 9.31. The number of nitriles is 1. The molecule has 1 aliphatic rings. The Labute approximate surface area is 140 Å². The number of rotatable bonds is 4. The zero-order chi connectivity index (χ0) is 17.2. The van der Waals surface area contributed by atoms with Crippen molar-refractivity contribution in [3.63, 3.8) is 0 Å². The maximum absolute atomic E-state index is 11.6. The molecule has 1 saturated heterocycles. The molecule has 3 rings (SSSR count). The SMILES string of the molecule is CN(c1cc(Nc2ccc(C#N)cc2)ncn1)C1CCS(=O)(=O)C1. The molecule has 24 heavy (non-hydrogen) atoms. The van der Waals surface area contributed by atoms with Crippen molar-refractivity contribution < 1.29 is 8.42 Å². The van der Waals surface area contributed by atoms with Gasteiger partial charge in [-0.1, -0.05) is 0 Å². The molecule has 0 saturated carbocycles. The van der Waals surface area contributed by atoms with Gasteiger partial charge in [0.1, 0.15) is 18.0 Å². The number of sulfone groups is 1. The van der Waals surface area contributed by atoms with Gasteiger partial charge in [0.2, 0.25) is 0 Å². The number of benzene rings is 1. The molecule has 1 aromatic heterocycles. The summed E-state index contributed by atoms with van der Waals surface area (Å²) in [4.78, 5) is 10.3. The van der Waals surface area contributed by atoms with Crippen molar-refractivity contribution in [3.05, 3.63) is 42.2 Å². The van der Waals surface area contributed by atoms with E-state index in [4.69, 9.17) is 5.26 Å². The van der Waals surface area contributed by atoms with Crippen molar-refractivity contribution in [2.24, 2.45) is 0 Å². The Morgan fingerprint density at radius 1 is 1.29 bits per heavy atom. The molecule has 0 amide bonds. The number of nitrogens with one attached hydrogen (secondary N) is 1. The van der Waals surface area contributed by atoms with E-state index in [0.717, 1.165) is 5.69 Å². The topological polar surface area (TPSA) is 99.0 Å². The Balaban J connectivity index is 1.75. The third kappa shape index (κ3) is 3.63. The molecule has 8 heteroatoms. The molecule has 2 aromatic rings. The smallest absolute Gasteiger partial charge is 0.152 e. The standard InChI is InChI=1S/C16H17N5O2S/c1-21(14-6-7-24(22,23)10-14)16-8-15(18-11-19-16)20-13-4-2-12(9-17)3-5-13/h2-5,8,11,14H,6-7,10H2,1H3,(H,18,19,20). The van der Waals surface area contributed by atoms with Gasteiger partial charge in [0.25, 0.3) is 0 Å². The molecule has 124 valence electrons. The van der Waals surface area contributed by atoms with Crippen molar-refractivity contribution in [2.75, 3.05) is 28.8 Å². The number of hydrogen-bond acceptors (Lipinski definition) is 7. The summed E-state index contributed by atoms with van der Waals surface area (Å²) in [5.74, 6) is 1.66. The van der Waals surface area contributed by atoms with E-state index in [0.29, 0.717) is 23.6 Å². The van der Waals surface area contributed by atoms with Crippen LogP contribution in [-0.4, -0.2) is 43.0 Å². The maximum Gasteiger partial charge on any atom is 0.152 e. The fourth-order valence-electron chi connectivity index (χ4n) is 2.65. The Morgan fingerprint density at radius 2 is 2.04 bits per heavy atom. The fourth-order valence-corrected chi connectivity index (χ4v) is 4.43. The van der Waals surface area contributed by atoms with Gasteiger partial charge in [-0.2, -0.15) is 5.26 Å². The van der Waals surface area contributed by atoms with Gasteiger partial charge < -0.3 is 10.2 Å². The molecular weight excluding hydrogens is 326 g/mol. The molecule has 2 heterocycles. The van der Waals surface area contributed by atoms with Crippen LogP contribution in [0.2, 0.25) is 0 Å². The van der Waals surface area contributed by atoms with Gasteiger partial charge in [-0.05, 0) is 30.7 Å². The van der Waals surface area contributed by atoms with E-state index in [1.54, 1.807) is 30.3 Å². The van der Waals surface area contributed by atoms with Crippen molar-refractivity contribution in [1.29, 1.82) is 5.26 Å². The highest BCUT2D eigenvalue weighted by Gasteiger charge is 2.31. The number of nitrogens with zero attached hydrogens (tertiary/aromatic N) is 4. The summed E-state index contributed by atoms with van der Waals surface area (Å²) in [6.45, 7) is 0. The molecule has 1 atom stereocenters. The van der Waals surface area contributed by atoms with Gasteiger partial charge in [-0.15, -0.1) is 0 Å². The molecule has 1 aromatic carbocycles. The largest absolute Gasteiger partial charge is 0.355 e. The highest BCUT2D eigenvalue weighted by Crippen LogP contribution is 2.23. The second-order valence-corrected chi connectivity index (χ2v) is 7.97. The van der Waals surface area contributed by atoms with Crippen molar-refractivity contribution in [1.82, 2.24) is 9.97 Å². The normalized spacial score (nSPS) is 18.8. The number of hydrogen-bond donors (Lipinski definition) is 1. The fraction of sp³-hybridized carbons (Fsp3) is 0.312. The van der Waals surface area contributed by atoms with Gasteiger partial charge in [-0.25, -0.2) is 18.4 Å². The third-order valence-corrected chi connectivity index (χ3v) is 5.81. The molecule has 0 radical (unpaired) electrons. The zero-order valence-electron chi connectivity index (χ0n) is 13.2. The summed E-state index contributed by atoms with van der Waals surface area (Å²) in [6.07, 6.45) is 2.06. The van der Waals surface area contributed by atoms with Gasteiger partial charge in [0.15, 0.2) is 9.84 Å². The highest BCUT2D eigenvalue weighted by molar-refractivity contribution is 7.91. The zero-order valence-corrected chi connectivity index (χ0v) is 14.0. The van der Waals surface area contributed by atoms with E-state index in [2.05, 4.69) is 21.4 Å². The third-order valence-electron chi connectivity index (χ3n) is 4.06. The van der Waals surface area contributed by atoms with Crippen LogP contribution < -0.4 is 10.2 Å². The van der Waals surface area contributed by atoms with E-state index in [1.807, 2.05) is 11.9 Å². The van der Waals surface area contributed by atoms with Crippen LogP contribution in [0.3, 0.4) is 0 Å². The predicted octanol–water partition coefficient (Wildman–Crippen LogP) is 1.72. The highest BCUT2D eigenvalue weighted by atomic mass is 32.2. The monoisotopic (exact) mass is 343 g/mol. The molecule has 1 aliphatic heterocycles. The first-order chi connectivity index (χ1) is 11.5. The van der Waals surface area contributed by atoms with Crippen LogP contribution >= 0.6 is 0 Å². The van der Waals surface area contributed by atoms with Gasteiger partial charge in [0, 0.05) is 24.8 Å². The van der Waals surface area contributed by atoms with E-state index < -0.39 is 9.84 Å². The van der Waals surface area contributed by atoms with Crippen LogP contribution in [-0.2, 0) is 9.84 Å².